The molecule has 0 N–H and O–H groups in total. The number of hydrogen-bond donors (Lipinski definition) is 0. The highest BCUT2D eigenvalue weighted by Gasteiger charge is 2.28. The fraction of sp³-hybridized carbons (Fsp3) is 0.667. The van der Waals surface area contributed by atoms with Crippen molar-refractivity contribution in [3.8, 4) is 5.88 Å². The second-order valence-electron chi connectivity index (χ2n) is 5.57. The molecule has 3 heterocycles. The molecule has 7 nitrogen and oxygen atoms in total. The molecule has 2 aliphatic heterocycles. The van der Waals surface area contributed by atoms with Gasteiger partial charge in [-0.25, -0.2) is 9.78 Å². The van der Waals surface area contributed by atoms with E-state index in [2.05, 4.69) is 9.97 Å². The molecular formula is C15H21N3O4. The van der Waals surface area contributed by atoms with Crippen LogP contribution >= 0.6 is 0 Å². The highest BCUT2D eigenvalue weighted by Crippen LogP contribution is 2.18. The van der Waals surface area contributed by atoms with Gasteiger partial charge >= 0.3 is 6.09 Å². The van der Waals surface area contributed by atoms with Crippen molar-refractivity contribution in [2.45, 2.75) is 37.9 Å². The summed E-state index contributed by atoms with van der Waals surface area (Å²) >= 11 is 0. The SMILES string of the molecule is O=C(OC1CCOCC1)N1CCCC(Oc2cnccn2)C1. The van der Waals surface area contributed by atoms with E-state index >= 15 is 0 Å². The summed E-state index contributed by atoms with van der Waals surface area (Å²) < 4.78 is 16.6. The molecular weight excluding hydrogens is 286 g/mol. The van der Waals surface area contributed by atoms with Gasteiger partial charge in [0.1, 0.15) is 12.2 Å². The third kappa shape index (κ3) is 4.07. The van der Waals surface area contributed by atoms with Crippen molar-refractivity contribution < 1.29 is 19.0 Å². The Morgan fingerprint density at radius 1 is 1.23 bits per heavy atom. The third-order valence-corrected chi connectivity index (χ3v) is 3.90. The molecule has 0 radical (unpaired) electrons. The van der Waals surface area contributed by atoms with Crippen LogP contribution in [0.4, 0.5) is 4.79 Å². The lowest BCUT2D eigenvalue weighted by Gasteiger charge is -2.33. The monoisotopic (exact) mass is 307 g/mol. The zero-order chi connectivity index (χ0) is 15.2. The van der Waals surface area contributed by atoms with Gasteiger partial charge in [0.2, 0.25) is 5.88 Å². The van der Waals surface area contributed by atoms with Crippen LogP contribution in [0.3, 0.4) is 0 Å². The predicted molar refractivity (Wildman–Crippen MR) is 77.6 cm³/mol. The molecule has 7 heteroatoms. The fourth-order valence-corrected chi connectivity index (χ4v) is 2.73. The first-order chi connectivity index (χ1) is 10.8. The van der Waals surface area contributed by atoms with E-state index in [1.54, 1.807) is 23.5 Å². The minimum absolute atomic E-state index is 0.0254. The van der Waals surface area contributed by atoms with Crippen molar-refractivity contribution >= 4 is 6.09 Å². The maximum absolute atomic E-state index is 12.2. The fourth-order valence-electron chi connectivity index (χ4n) is 2.73. The van der Waals surface area contributed by atoms with E-state index in [-0.39, 0.29) is 18.3 Å². The Balaban J connectivity index is 1.50. The van der Waals surface area contributed by atoms with Gasteiger partial charge < -0.3 is 19.1 Å². The molecule has 3 rings (SSSR count). The molecule has 1 unspecified atom stereocenters. The normalized spacial score (nSPS) is 23.1. The largest absolute Gasteiger partial charge is 0.471 e. The van der Waals surface area contributed by atoms with Crippen LogP contribution in [0.2, 0.25) is 0 Å². The van der Waals surface area contributed by atoms with E-state index in [0.717, 1.165) is 25.7 Å². The van der Waals surface area contributed by atoms with Crippen molar-refractivity contribution in [1.29, 1.82) is 0 Å². The van der Waals surface area contributed by atoms with Gasteiger partial charge in [-0.2, -0.15) is 0 Å². The number of aromatic nitrogens is 2. The molecule has 2 saturated heterocycles. The number of amides is 1. The van der Waals surface area contributed by atoms with Gasteiger partial charge in [-0.05, 0) is 12.8 Å². The number of carbonyl (C=O) groups excluding carboxylic acids is 1. The summed E-state index contributed by atoms with van der Waals surface area (Å²) in [6, 6.07) is 0. The van der Waals surface area contributed by atoms with E-state index in [9.17, 15) is 4.79 Å². The van der Waals surface area contributed by atoms with Crippen LogP contribution in [0, 0.1) is 0 Å². The molecule has 22 heavy (non-hydrogen) atoms. The number of ether oxygens (including phenoxy) is 3. The van der Waals surface area contributed by atoms with Crippen LogP contribution in [0.15, 0.2) is 18.6 Å². The molecule has 0 saturated carbocycles. The number of carbonyl (C=O) groups is 1. The van der Waals surface area contributed by atoms with Gasteiger partial charge in [0.05, 0.1) is 26.0 Å². The average molecular weight is 307 g/mol. The molecule has 1 amide bonds. The first-order valence-electron chi connectivity index (χ1n) is 7.77. The Bertz CT molecular complexity index is 479. The average Bonchev–Trinajstić information content (AvgIpc) is 2.57. The van der Waals surface area contributed by atoms with Crippen molar-refractivity contribution in [3.63, 3.8) is 0 Å². The molecule has 120 valence electrons. The summed E-state index contributed by atoms with van der Waals surface area (Å²) in [4.78, 5) is 22.0. The lowest BCUT2D eigenvalue weighted by molar-refractivity contribution is -0.0174. The Hall–Kier alpha value is -1.89. The quantitative estimate of drug-likeness (QED) is 0.845. The summed E-state index contributed by atoms with van der Waals surface area (Å²) in [6.45, 7) is 2.56. The Kier molecular flexibility index (Phi) is 5.05. The lowest BCUT2D eigenvalue weighted by atomic mass is 10.1. The Morgan fingerprint density at radius 2 is 2.09 bits per heavy atom. The second-order valence-corrected chi connectivity index (χ2v) is 5.57. The van der Waals surface area contributed by atoms with Crippen LogP contribution in [-0.4, -0.2) is 59.5 Å². The van der Waals surface area contributed by atoms with Crippen LogP contribution in [-0.2, 0) is 9.47 Å². The molecule has 1 aromatic heterocycles. The molecule has 0 aromatic carbocycles. The van der Waals surface area contributed by atoms with E-state index in [0.29, 0.717) is 32.2 Å². The van der Waals surface area contributed by atoms with Crippen molar-refractivity contribution in [3.05, 3.63) is 18.6 Å². The van der Waals surface area contributed by atoms with Gasteiger partial charge in [-0.3, -0.25) is 4.98 Å². The summed E-state index contributed by atoms with van der Waals surface area (Å²) in [7, 11) is 0. The molecule has 0 bridgehead atoms. The first-order valence-corrected chi connectivity index (χ1v) is 7.77. The topological polar surface area (TPSA) is 73.8 Å². The van der Waals surface area contributed by atoms with Gasteiger partial charge in [0.15, 0.2) is 0 Å². The predicted octanol–water partition coefficient (Wildman–Crippen LogP) is 1.64. The number of hydrogen-bond acceptors (Lipinski definition) is 6. The Morgan fingerprint density at radius 3 is 2.86 bits per heavy atom. The minimum atomic E-state index is -0.251. The maximum atomic E-state index is 12.2. The summed E-state index contributed by atoms with van der Waals surface area (Å²) in [5.74, 6) is 0.493. The van der Waals surface area contributed by atoms with Crippen LogP contribution in [0.5, 0.6) is 5.88 Å². The van der Waals surface area contributed by atoms with Gasteiger partial charge in [-0.15, -0.1) is 0 Å². The third-order valence-electron chi connectivity index (χ3n) is 3.90. The summed E-state index contributed by atoms with van der Waals surface area (Å²) in [5.41, 5.74) is 0. The summed E-state index contributed by atoms with van der Waals surface area (Å²) in [6.07, 6.45) is 7.79. The zero-order valence-electron chi connectivity index (χ0n) is 12.5. The van der Waals surface area contributed by atoms with E-state index in [1.807, 2.05) is 0 Å². The smallest absolute Gasteiger partial charge is 0.410 e. The molecule has 0 spiro atoms. The van der Waals surface area contributed by atoms with Crippen molar-refractivity contribution in [2.75, 3.05) is 26.3 Å². The minimum Gasteiger partial charge on any atom is -0.471 e. The van der Waals surface area contributed by atoms with E-state index in [4.69, 9.17) is 14.2 Å². The summed E-state index contributed by atoms with van der Waals surface area (Å²) in [5, 5.41) is 0. The molecule has 1 atom stereocenters. The first kappa shape index (κ1) is 15.0. The van der Waals surface area contributed by atoms with Gasteiger partial charge in [-0.1, -0.05) is 0 Å². The van der Waals surface area contributed by atoms with Crippen molar-refractivity contribution in [2.24, 2.45) is 0 Å². The van der Waals surface area contributed by atoms with Crippen molar-refractivity contribution in [1.82, 2.24) is 14.9 Å². The number of piperidine rings is 1. The van der Waals surface area contributed by atoms with Crippen LogP contribution < -0.4 is 4.74 Å². The molecule has 2 aliphatic rings. The number of nitrogens with zero attached hydrogens (tertiary/aromatic N) is 3. The second kappa shape index (κ2) is 7.40. The van der Waals surface area contributed by atoms with Crippen LogP contribution in [0.1, 0.15) is 25.7 Å². The van der Waals surface area contributed by atoms with E-state index in [1.165, 1.54) is 0 Å². The maximum Gasteiger partial charge on any atom is 0.410 e. The molecule has 0 aliphatic carbocycles. The van der Waals surface area contributed by atoms with E-state index < -0.39 is 0 Å². The number of rotatable bonds is 3. The number of likely N-dealkylation sites (tertiary alicyclic amines) is 1. The Labute approximate surface area is 129 Å². The standard InChI is InChI=1S/C15H21N3O4/c19-15(22-12-3-8-20-9-4-12)18-7-1-2-13(11-18)21-14-10-16-5-6-17-14/h5-6,10,12-13H,1-4,7-9,11H2. The lowest BCUT2D eigenvalue weighted by Crippen LogP contribution is -2.46. The highest BCUT2D eigenvalue weighted by molar-refractivity contribution is 5.68. The molecule has 2 fully saturated rings. The highest BCUT2D eigenvalue weighted by atomic mass is 16.6. The van der Waals surface area contributed by atoms with Crippen LogP contribution in [0.25, 0.3) is 0 Å². The van der Waals surface area contributed by atoms with Gasteiger partial charge in [0, 0.05) is 31.8 Å². The zero-order valence-corrected chi connectivity index (χ0v) is 12.5. The molecule has 1 aromatic rings. The van der Waals surface area contributed by atoms with Gasteiger partial charge in [0.25, 0.3) is 0 Å².